The summed E-state index contributed by atoms with van der Waals surface area (Å²) in [6.07, 6.45) is 2.53. The molecule has 5 nitrogen and oxygen atoms in total. The van der Waals surface area contributed by atoms with Gasteiger partial charge in [0.2, 0.25) is 0 Å². The fraction of sp³-hybridized carbons (Fsp3) is 0.400. The van der Waals surface area contributed by atoms with E-state index in [1.807, 2.05) is 37.4 Å². The van der Waals surface area contributed by atoms with Crippen molar-refractivity contribution in [1.82, 2.24) is 10.3 Å². The van der Waals surface area contributed by atoms with Gasteiger partial charge >= 0.3 is 5.97 Å². The number of para-hydroxylation sites is 1. The van der Waals surface area contributed by atoms with Crippen LogP contribution in [0.2, 0.25) is 0 Å². The molecule has 0 saturated heterocycles. The van der Waals surface area contributed by atoms with Gasteiger partial charge in [-0.2, -0.15) is 0 Å². The van der Waals surface area contributed by atoms with Crippen molar-refractivity contribution >= 4 is 16.9 Å². The summed E-state index contributed by atoms with van der Waals surface area (Å²) in [6, 6.07) is 7.68. The Kier molecular flexibility index (Phi) is 5.15. The first-order valence-electron chi connectivity index (χ1n) is 6.91. The molecule has 0 saturated carbocycles. The lowest BCUT2D eigenvalue weighted by Gasteiger charge is -2.16. The fourth-order valence-electron chi connectivity index (χ4n) is 2.26. The number of esters is 1. The lowest BCUT2D eigenvalue weighted by Crippen LogP contribution is -2.42. The second-order valence-corrected chi connectivity index (χ2v) is 4.61. The van der Waals surface area contributed by atoms with Gasteiger partial charge in [0.15, 0.2) is 0 Å². The van der Waals surface area contributed by atoms with Crippen LogP contribution in [0.4, 0.5) is 0 Å². The molecule has 5 heteroatoms. The molecule has 2 aromatic rings. The Balaban J connectivity index is 2.15. The van der Waals surface area contributed by atoms with Gasteiger partial charge in [-0.15, -0.1) is 0 Å². The first-order valence-corrected chi connectivity index (χ1v) is 6.91. The zero-order valence-electron chi connectivity index (χ0n) is 11.7. The van der Waals surface area contributed by atoms with E-state index in [1.165, 1.54) is 0 Å². The summed E-state index contributed by atoms with van der Waals surface area (Å²) < 4.78 is 5.11. The number of rotatable bonds is 7. The van der Waals surface area contributed by atoms with E-state index < -0.39 is 0 Å². The third-order valence-corrected chi connectivity index (χ3v) is 3.21. The Hall–Kier alpha value is -1.85. The molecule has 0 aliphatic rings. The number of hydrogen-bond donors (Lipinski definition) is 3. The lowest BCUT2D eigenvalue weighted by molar-refractivity contribution is -0.145. The smallest absolute Gasteiger partial charge is 0.323 e. The summed E-state index contributed by atoms with van der Waals surface area (Å²) in [6.45, 7) is 3.27. The van der Waals surface area contributed by atoms with Crippen molar-refractivity contribution in [3.63, 3.8) is 0 Å². The molecule has 1 aromatic carbocycles. The summed E-state index contributed by atoms with van der Waals surface area (Å²) in [5.74, 6) is -0.230. The van der Waals surface area contributed by atoms with Gasteiger partial charge in [-0.05, 0) is 18.6 Å². The zero-order valence-corrected chi connectivity index (χ0v) is 11.7. The van der Waals surface area contributed by atoms with E-state index in [2.05, 4.69) is 10.3 Å². The van der Waals surface area contributed by atoms with Gasteiger partial charge < -0.3 is 20.8 Å². The Morgan fingerprint density at radius 3 is 3.00 bits per heavy atom. The minimum atomic E-state index is -0.363. The van der Waals surface area contributed by atoms with Crippen molar-refractivity contribution in [3.8, 4) is 0 Å². The van der Waals surface area contributed by atoms with Crippen LogP contribution in [0.25, 0.3) is 10.9 Å². The molecule has 20 heavy (non-hydrogen) atoms. The Morgan fingerprint density at radius 2 is 2.25 bits per heavy atom. The highest BCUT2D eigenvalue weighted by molar-refractivity contribution is 5.84. The summed E-state index contributed by atoms with van der Waals surface area (Å²) >= 11 is 0. The molecular weight excluding hydrogens is 254 g/mol. The number of H-pyrrole nitrogens is 1. The molecule has 4 N–H and O–H groups in total. The predicted octanol–water partition coefficient (Wildman–Crippen LogP) is 1.19. The minimum Gasteiger partial charge on any atom is -0.465 e. The molecule has 1 aromatic heterocycles. The molecule has 0 fully saturated rings. The Labute approximate surface area is 118 Å². The summed E-state index contributed by atoms with van der Waals surface area (Å²) in [5, 5.41) is 4.28. The molecular formula is C15H21N3O2. The second-order valence-electron chi connectivity index (χ2n) is 4.61. The monoisotopic (exact) mass is 275 g/mol. The third kappa shape index (κ3) is 3.37. The van der Waals surface area contributed by atoms with Crippen molar-refractivity contribution in [3.05, 3.63) is 36.0 Å². The molecule has 0 spiro atoms. The van der Waals surface area contributed by atoms with Crippen molar-refractivity contribution in [2.75, 3.05) is 19.7 Å². The number of carbonyl (C=O) groups is 1. The maximum atomic E-state index is 12.0. The average Bonchev–Trinajstić information content (AvgIpc) is 2.87. The number of carbonyl (C=O) groups excluding carboxylic acids is 1. The normalized spacial score (nSPS) is 12.5. The highest BCUT2D eigenvalue weighted by Crippen LogP contribution is 2.19. The zero-order chi connectivity index (χ0) is 14.4. The maximum absolute atomic E-state index is 12.0. The van der Waals surface area contributed by atoms with Gasteiger partial charge in [-0.3, -0.25) is 4.79 Å². The number of aromatic nitrogens is 1. The quantitative estimate of drug-likeness (QED) is 0.663. The minimum absolute atomic E-state index is 0.230. The molecule has 0 aliphatic heterocycles. The van der Waals surface area contributed by atoms with Gasteiger partial charge in [0.25, 0.3) is 0 Å². The summed E-state index contributed by atoms with van der Waals surface area (Å²) in [4.78, 5) is 15.2. The van der Waals surface area contributed by atoms with E-state index in [0.717, 1.165) is 16.5 Å². The second kappa shape index (κ2) is 7.07. The van der Waals surface area contributed by atoms with E-state index in [-0.39, 0.29) is 12.0 Å². The van der Waals surface area contributed by atoms with Crippen LogP contribution >= 0.6 is 0 Å². The largest absolute Gasteiger partial charge is 0.465 e. The Morgan fingerprint density at radius 1 is 1.45 bits per heavy atom. The van der Waals surface area contributed by atoms with E-state index >= 15 is 0 Å². The van der Waals surface area contributed by atoms with E-state index in [9.17, 15) is 4.79 Å². The number of benzene rings is 1. The number of fused-ring (bicyclic) bond motifs is 1. The number of aromatic amines is 1. The molecule has 1 heterocycles. The van der Waals surface area contributed by atoms with E-state index in [1.54, 1.807) is 0 Å². The van der Waals surface area contributed by atoms with Crippen LogP contribution in [0.1, 0.15) is 12.5 Å². The number of ether oxygens (including phenoxy) is 1. The van der Waals surface area contributed by atoms with Crippen LogP contribution in [0, 0.1) is 0 Å². The standard InChI is InChI=1S/C15H21N3O2/c1-2-20-15(19)14(17-8-7-16)9-11-10-18-13-6-4-3-5-12(11)13/h3-6,10,14,17-18H,2,7-9,16H2,1H3/t14-/m0/s1. The fourth-order valence-corrected chi connectivity index (χ4v) is 2.26. The molecule has 108 valence electrons. The lowest BCUT2D eigenvalue weighted by atomic mass is 10.0. The first-order chi connectivity index (χ1) is 9.76. The molecule has 0 bridgehead atoms. The van der Waals surface area contributed by atoms with Crippen LogP contribution in [0.5, 0.6) is 0 Å². The Bertz CT molecular complexity index is 565. The summed E-state index contributed by atoms with van der Waals surface area (Å²) in [5.41, 5.74) is 7.67. The van der Waals surface area contributed by atoms with Gasteiger partial charge in [0.05, 0.1) is 6.61 Å². The number of hydrogen-bond acceptors (Lipinski definition) is 4. The van der Waals surface area contributed by atoms with Crippen LogP contribution in [0.15, 0.2) is 30.5 Å². The number of nitrogens with one attached hydrogen (secondary N) is 2. The maximum Gasteiger partial charge on any atom is 0.323 e. The van der Waals surface area contributed by atoms with Crippen molar-refractivity contribution in [2.45, 2.75) is 19.4 Å². The molecule has 0 amide bonds. The highest BCUT2D eigenvalue weighted by Gasteiger charge is 2.20. The van der Waals surface area contributed by atoms with Crippen molar-refractivity contribution in [2.24, 2.45) is 5.73 Å². The van der Waals surface area contributed by atoms with Gasteiger partial charge in [0.1, 0.15) is 6.04 Å². The van der Waals surface area contributed by atoms with Gasteiger partial charge in [-0.25, -0.2) is 0 Å². The van der Waals surface area contributed by atoms with Gasteiger partial charge in [-0.1, -0.05) is 18.2 Å². The van der Waals surface area contributed by atoms with Gasteiger partial charge in [0, 0.05) is 36.6 Å². The topological polar surface area (TPSA) is 80.1 Å². The highest BCUT2D eigenvalue weighted by atomic mass is 16.5. The molecule has 2 rings (SSSR count). The van der Waals surface area contributed by atoms with Crippen LogP contribution in [0.3, 0.4) is 0 Å². The SMILES string of the molecule is CCOC(=O)[C@H](Cc1c[nH]c2ccccc12)NCCN. The number of nitrogens with two attached hydrogens (primary N) is 1. The summed E-state index contributed by atoms with van der Waals surface area (Å²) in [7, 11) is 0. The predicted molar refractivity (Wildman–Crippen MR) is 79.5 cm³/mol. The molecule has 0 radical (unpaired) electrons. The molecule has 0 aliphatic carbocycles. The molecule has 0 unspecified atom stereocenters. The third-order valence-electron chi connectivity index (χ3n) is 3.21. The average molecular weight is 275 g/mol. The van der Waals surface area contributed by atoms with E-state index in [4.69, 9.17) is 10.5 Å². The van der Waals surface area contributed by atoms with Crippen molar-refractivity contribution in [1.29, 1.82) is 0 Å². The molecule has 1 atom stereocenters. The first kappa shape index (κ1) is 14.6. The van der Waals surface area contributed by atoms with Crippen LogP contribution < -0.4 is 11.1 Å². The van der Waals surface area contributed by atoms with Crippen LogP contribution in [-0.4, -0.2) is 36.7 Å². The van der Waals surface area contributed by atoms with E-state index in [0.29, 0.717) is 26.1 Å². The van der Waals surface area contributed by atoms with Crippen LogP contribution in [-0.2, 0) is 16.0 Å². The van der Waals surface area contributed by atoms with Crippen molar-refractivity contribution < 1.29 is 9.53 Å².